The molecule has 0 saturated carbocycles. The monoisotopic (exact) mass is 647 g/mol. The van der Waals surface area contributed by atoms with Gasteiger partial charge in [-0.25, -0.2) is 9.59 Å². The highest BCUT2D eigenvalue weighted by Gasteiger charge is 2.49. The van der Waals surface area contributed by atoms with Crippen molar-refractivity contribution in [1.29, 1.82) is 0 Å². The number of ether oxygens (including phenoxy) is 2. The van der Waals surface area contributed by atoms with Crippen molar-refractivity contribution in [3.63, 3.8) is 0 Å². The lowest BCUT2D eigenvalue weighted by Gasteiger charge is -2.51. The van der Waals surface area contributed by atoms with Crippen LogP contribution in [0.4, 0.5) is 4.79 Å². The molecule has 3 fully saturated rings. The molecule has 3 saturated heterocycles. The maximum Gasteiger partial charge on any atom is 0.408 e. The Balaban J connectivity index is 0.00000480. The number of carbonyl (C=O) groups excluding carboxylic acids is 4. The molecule has 3 aliphatic heterocycles. The average molecular weight is 648 g/mol. The SMILES string of the molecule is CC(C)(C)OC(=O)NC(C(=O)NC(C(=O)O[C@H]1C[N+]2(CC(=O)c3ccccc3)CCC1CC2)c1ccccc1)c1ccccc1.[Cl-]. The second-order valence-corrected chi connectivity index (χ2v) is 13.1. The summed E-state index contributed by atoms with van der Waals surface area (Å²) in [4.78, 5) is 53.6. The van der Waals surface area contributed by atoms with Gasteiger partial charge in [-0.05, 0) is 31.9 Å². The number of benzene rings is 3. The lowest BCUT2D eigenvalue weighted by Crippen LogP contribution is -3.00. The molecule has 3 atom stereocenters. The number of ketones is 1. The summed E-state index contributed by atoms with van der Waals surface area (Å²) in [5, 5.41) is 5.52. The third-order valence-electron chi connectivity index (χ3n) is 8.60. The van der Waals surface area contributed by atoms with E-state index in [0.717, 1.165) is 25.9 Å². The van der Waals surface area contributed by atoms with E-state index in [9.17, 15) is 19.2 Å². The highest BCUT2D eigenvalue weighted by molar-refractivity contribution is 5.97. The fraction of sp³-hybridized carbons (Fsp3) is 0.389. The van der Waals surface area contributed by atoms with Crippen LogP contribution in [0, 0.1) is 5.92 Å². The van der Waals surface area contributed by atoms with Gasteiger partial charge in [-0.2, -0.15) is 0 Å². The van der Waals surface area contributed by atoms with Gasteiger partial charge in [0.2, 0.25) is 11.7 Å². The molecule has 10 heteroatoms. The Labute approximate surface area is 276 Å². The summed E-state index contributed by atoms with van der Waals surface area (Å²) in [5.41, 5.74) is 1.02. The Morgan fingerprint density at radius 2 is 1.30 bits per heavy atom. The maximum absolute atomic E-state index is 13.9. The number of Topliss-reactive ketones (excluding diaryl/α,β-unsaturated/α-hetero) is 1. The molecular weight excluding hydrogens is 606 g/mol. The number of hydrogen-bond acceptors (Lipinski definition) is 6. The summed E-state index contributed by atoms with van der Waals surface area (Å²) in [5.74, 6) is -0.882. The predicted octanol–water partition coefficient (Wildman–Crippen LogP) is 2.15. The summed E-state index contributed by atoms with van der Waals surface area (Å²) in [6, 6.07) is 24.8. The summed E-state index contributed by atoms with van der Waals surface area (Å²) < 4.78 is 12.2. The van der Waals surface area contributed by atoms with E-state index < -0.39 is 35.7 Å². The molecule has 2 amide bonds. The van der Waals surface area contributed by atoms with Crippen LogP contribution < -0.4 is 23.0 Å². The topological polar surface area (TPSA) is 111 Å². The zero-order valence-corrected chi connectivity index (χ0v) is 27.2. The summed E-state index contributed by atoms with van der Waals surface area (Å²) in [7, 11) is 0. The molecule has 6 rings (SSSR count). The lowest BCUT2D eigenvalue weighted by molar-refractivity contribution is -0.938. The van der Waals surface area contributed by atoms with Crippen LogP contribution in [0.15, 0.2) is 91.0 Å². The van der Waals surface area contributed by atoms with Crippen molar-refractivity contribution in [2.75, 3.05) is 26.2 Å². The number of piperidine rings is 3. The van der Waals surface area contributed by atoms with Gasteiger partial charge < -0.3 is 37.0 Å². The standard InChI is InChI=1S/C36H41N3O6.ClH/c1-36(2,3)45-35(43)38-31(27-15-9-5-10-16-27)33(41)37-32(28-17-11-6-12-18-28)34(42)44-30-24-39(21-19-26(30)20-22-39)23-29(40)25-13-7-4-8-14-25;/h4-18,26,30-32H,19-24H2,1-3H3,(H-,37,38,41,43);1H/t26?,30-,31?,32?,39?;/m0./s1. The minimum absolute atomic E-state index is 0. The lowest BCUT2D eigenvalue weighted by atomic mass is 9.82. The van der Waals surface area contributed by atoms with Crippen LogP contribution in [0.1, 0.15) is 67.2 Å². The number of fused-ring (bicyclic) bond motifs is 3. The summed E-state index contributed by atoms with van der Waals surface area (Å²) in [6.07, 6.45) is 0.587. The van der Waals surface area contributed by atoms with Gasteiger partial charge in [0.15, 0.2) is 12.1 Å². The smallest absolute Gasteiger partial charge is 0.408 e. The molecule has 3 aromatic carbocycles. The van der Waals surface area contributed by atoms with Crippen LogP contribution in [0.3, 0.4) is 0 Å². The number of hydrogen-bond donors (Lipinski definition) is 2. The minimum atomic E-state index is -1.12. The number of quaternary nitrogens is 1. The number of halogens is 1. The highest BCUT2D eigenvalue weighted by atomic mass is 35.5. The zero-order chi connectivity index (χ0) is 32.0. The fourth-order valence-corrected chi connectivity index (χ4v) is 6.33. The van der Waals surface area contributed by atoms with Crippen molar-refractivity contribution in [2.45, 2.75) is 57.4 Å². The molecule has 2 unspecified atom stereocenters. The van der Waals surface area contributed by atoms with Crippen LogP contribution in [-0.2, 0) is 19.1 Å². The molecular formula is C36H42ClN3O6. The molecule has 2 N–H and O–H groups in total. The number of nitrogens with one attached hydrogen (secondary N) is 2. The van der Waals surface area contributed by atoms with Gasteiger partial charge in [-0.3, -0.25) is 9.59 Å². The quantitative estimate of drug-likeness (QED) is 0.198. The van der Waals surface area contributed by atoms with Gasteiger partial charge in [-0.15, -0.1) is 0 Å². The second kappa shape index (κ2) is 14.9. The van der Waals surface area contributed by atoms with Gasteiger partial charge in [0.1, 0.15) is 24.7 Å². The van der Waals surface area contributed by atoms with Crippen molar-refractivity contribution in [3.8, 4) is 0 Å². The average Bonchev–Trinajstić information content (AvgIpc) is 3.03. The Morgan fingerprint density at radius 3 is 1.85 bits per heavy atom. The maximum atomic E-state index is 13.9. The molecule has 0 radical (unpaired) electrons. The first kappa shape index (κ1) is 34.7. The first-order valence-electron chi connectivity index (χ1n) is 15.6. The third kappa shape index (κ3) is 8.73. The largest absolute Gasteiger partial charge is 1.00 e. The Kier molecular flexibility index (Phi) is 11.2. The first-order valence-corrected chi connectivity index (χ1v) is 15.6. The fourth-order valence-electron chi connectivity index (χ4n) is 6.33. The molecule has 0 aliphatic carbocycles. The summed E-state index contributed by atoms with van der Waals surface area (Å²) >= 11 is 0. The number of amides is 2. The van der Waals surface area contributed by atoms with Crippen LogP contribution in [-0.4, -0.2) is 66.1 Å². The van der Waals surface area contributed by atoms with E-state index >= 15 is 0 Å². The van der Waals surface area contributed by atoms with Crippen LogP contribution in [0.2, 0.25) is 0 Å². The van der Waals surface area contributed by atoms with Crippen molar-refractivity contribution in [3.05, 3.63) is 108 Å². The molecule has 0 spiro atoms. The molecule has 244 valence electrons. The van der Waals surface area contributed by atoms with Crippen LogP contribution in [0.5, 0.6) is 0 Å². The van der Waals surface area contributed by atoms with Crippen molar-refractivity contribution in [2.24, 2.45) is 5.92 Å². The molecule has 0 aromatic heterocycles. The number of esters is 1. The van der Waals surface area contributed by atoms with Gasteiger partial charge in [-0.1, -0.05) is 91.0 Å². The van der Waals surface area contributed by atoms with Crippen LogP contribution in [0.25, 0.3) is 0 Å². The summed E-state index contributed by atoms with van der Waals surface area (Å²) in [6.45, 7) is 7.87. The predicted molar refractivity (Wildman–Crippen MR) is 169 cm³/mol. The zero-order valence-electron chi connectivity index (χ0n) is 26.5. The molecule has 3 aliphatic rings. The molecule has 3 aromatic rings. The van der Waals surface area contributed by atoms with Crippen molar-refractivity contribution in [1.82, 2.24) is 10.6 Å². The Morgan fingerprint density at radius 1 is 0.783 bits per heavy atom. The van der Waals surface area contributed by atoms with Crippen LogP contribution >= 0.6 is 0 Å². The second-order valence-electron chi connectivity index (χ2n) is 13.1. The molecule has 46 heavy (non-hydrogen) atoms. The molecule has 3 heterocycles. The Hall–Kier alpha value is -4.21. The molecule has 2 bridgehead atoms. The number of rotatable bonds is 10. The normalized spacial score (nSPS) is 21.5. The van der Waals surface area contributed by atoms with Crippen molar-refractivity contribution < 1.29 is 45.5 Å². The van der Waals surface area contributed by atoms with Crippen molar-refractivity contribution >= 4 is 23.8 Å². The number of alkyl carbamates (subject to hydrolysis) is 1. The minimum Gasteiger partial charge on any atom is -1.00 e. The van der Waals surface area contributed by atoms with Gasteiger partial charge in [0.05, 0.1) is 13.1 Å². The van der Waals surface area contributed by atoms with Gasteiger partial charge >= 0.3 is 12.1 Å². The van der Waals surface area contributed by atoms with E-state index in [1.165, 1.54) is 0 Å². The van der Waals surface area contributed by atoms with E-state index in [2.05, 4.69) is 10.6 Å². The number of nitrogens with zero attached hydrogens (tertiary/aromatic N) is 1. The molecule has 9 nitrogen and oxygen atoms in total. The van der Waals surface area contributed by atoms with E-state index in [0.29, 0.717) is 34.3 Å². The van der Waals surface area contributed by atoms with Gasteiger partial charge in [0, 0.05) is 24.3 Å². The number of carbonyl (C=O) groups is 4. The van der Waals surface area contributed by atoms with E-state index in [-0.39, 0.29) is 30.2 Å². The highest BCUT2D eigenvalue weighted by Crippen LogP contribution is 2.36. The van der Waals surface area contributed by atoms with Gasteiger partial charge in [0.25, 0.3) is 0 Å². The van der Waals surface area contributed by atoms with E-state index in [1.54, 1.807) is 69.3 Å². The van der Waals surface area contributed by atoms with E-state index in [1.807, 2.05) is 42.5 Å². The Bertz CT molecular complexity index is 1490. The first-order chi connectivity index (χ1) is 21.5. The van der Waals surface area contributed by atoms with E-state index in [4.69, 9.17) is 9.47 Å². The third-order valence-corrected chi connectivity index (χ3v) is 8.60.